The van der Waals surface area contributed by atoms with Gasteiger partial charge in [-0.1, -0.05) is 12.1 Å². The third kappa shape index (κ3) is 5.74. The molecule has 4 rings (SSSR count). The van der Waals surface area contributed by atoms with E-state index in [-0.39, 0.29) is 5.69 Å². The van der Waals surface area contributed by atoms with Gasteiger partial charge in [0.05, 0.1) is 24.6 Å². The molecule has 2 amide bonds. The Kier molecular flexibility index (Phi) is 6.56. The first-order valence-corrected chi connectivity index (χ1v) is 10.8. The topological polar surface area (TPSA) is 102 Å². The fourth-order valence-electron chi connectivity index (χ4n) is 3.29. The number of nitrogens with zero attached hydrogens (tertiary/aromatic N) is 2. The van der Waals surface area contributed by atoms with Gasteiger partial charge in [0.15, 0.2) is 0 Å². The molecule has 9 heteroatoms. The molecular formula is C25H25FN4O4. The number of carbonyl (C=O) groups is 2. The van der Waals surface area contributed by atoms with Crippen LogP contribution in [0.25, 0.3) is 11.1 Å². The van der Waals surface area contributed by atoms with Gasteiger partial charge in [-0.05, 0) is 62.2 Å². The van der Waals surface area contributed by atoms with E-state index in [1.165, 1.54) is 12.3 Å². The van der Waals surface area contributed by atoms with Gasteiger partial charge in [0.1, 0.15) is 11.3 Å². The van der Waals surface area contributed by atoms with Gasteiger partial charge in [0, 0.05) is 23.9 Å². The molecule has 0 spiro atoms. The van der Waals surface area contributed by atoms with Crippen LogP contribution in [-0.2, 0) is 9.47 Å². The molecule has 0 bridgehead atoms. The van der Waals surface area contributed by atoms with Crippen molar-refractivity contribution in [2.75, 3.05) is 23.8 Å². The number of aromatic nitrogens is 2. The van der Waals surface area contributed by atoms with Crippen LogP contribution in [0.1, 0.15) is 42.7 Å². The number of nitrogens with one attached hydrogen (secondary N) is 2. The number of amides is 2. The summed E-state index contributed by atoms with van der Waals surface area (Å²) in [5.41, 5.74) is 2.53. The van der Waals surface area contributed by atoms with Crippen molar-refractivity contribution in [2.45, 2.75) is 32.3 Å². The van der Waals surface area contributed by atoms with Crippen molar-refractivity contribution in [3.8, 4) is 11.1 Å². The molecule has 3 aromatic rings. The zero-order valence-electron chi connectivity index (χ0n) is 19.1. The predicted molar refractivity (Wildman–Crippen MR) is 125 cm³/mol. The zero-order valence-corrected chi connectivity index (χ0v) is 19.1. The van der Waals surface area contributed by atoms with Gasteiger partial charge < -0.3 is 14.8 Å². The Morgan fingerprint density at radius 2 is 1.74 bits per heavy atom. The van der Waals surface area contributed by atoms with E-state index in [1.54, 1.807) is 57.3 Å². The van der Waals surface area contributed by atoms with Gasteiger partial charge in [0.25, 0.3) is 5.91 Å². The lowest BCUT2D eigenvalue weighted by molar-refractivity contribution is 0.00828. The molecule has 0 radical (unpaired) electrons. The van der Waals surface area contributed by atoms with Crippen LogP contribution < -0.4 is 10.6 Å². The van der Waals surface area contributed by atoms with Crippen molar-refractivity contribution in [1.82, 2.24) is 9.97 Å². The van der Waals surface area contributed by atoms with E-state index in [0.29, 0.717) is 41.6 Å². The highest BCUT2D eigenvalue weighted by molar-refractivity contribution is 6.06. The lowest BCUT2D eigenvalue weighted by atomic mass is 9.99. The maximum absolute atomic E-state index is 13.2. The first kappa shape index (κ1) is 23.3. The Labute approximate surface area is 196 Å². The molecule has 1 saturated heterocycles. The molecule has 34 heavy (non-hydrogen) atoms. The fraction of sp³-hybridized carbons (Fsp3) is 0.280. The largest absolute Gasteiger partial charge is 0.444 e. The minimum Gasteiger partial charge on any atom is -0.444 e. The lowest BCUT2D eigenvalue weighted by Gasteiger charge is -2.25. The Bertz CT molecular complexity index is 1190. The summed E-state index contributed by atoms with van der Waals surface area (Å²) in [4.78, 5) is 33.2. The second kappa shape index (κ2) is 9.56. The number of carbonyl (C=O) groups excluding carboxylic acids is 2. The summed E-state index contributed by atoms with van der Waals surface area (Å²) in [6, 6.07) is 11.4. The van der Waals surface area contributed by atoms with E-state index >= 15 is 0 Å². The van der Waals surface area contributed by atoms with Crippen LogP contribution in [0.2, 0.25) is 0 Å². The van der Waals surface area contributed by atoms with Crippen LogP contribution in [0.3, 0.4) is 0 Å². The molecule has 2 N–H and O–H groups in total. The van der Waals surface area contributed by atoms with Crippen molar-refractivity contribution in [3.05, 3.63) is 72.1 Å². The maximum Gasteiger partial charge on any atom is 0.412 e. The summed E-state index contributed by atoms with van der Waals surface area (Å²) >= 11 is 0. The highest BCUT2D eigenvalue weighted by Gasteiger charge is 2.22. The quantitative estimate of drug-likeness (QED) is 0.516. The van der Waals surface area contributed by atoms with Crippen LogP contribution in [0.5, 0.6) is 0 Å². The van der Waals surface area contributed by atoms with Crippen molar-refractivity contribution < 1.29 is 23.5 Å². The van der Waals surface area contributed by atoms with Crippen molar-refractivity contribution >= 4 is 23.4 Å². The first-order valence-electron chi connectivity index (χ1n) is 10.8. The van der Waals surface area contributed by atoms with Crippen molar-refractivity contribution in [1.29, 1.82) is 0 Å². The molecule has 0 saturated carbocycles. The van der Waals surface area contributed by atoms with Gasteiger partial charge >= 0.3 is 6.09 Å². The van der Waals surface area contributed by atoms with E-state index in [9.17, 15) is 14.0 Å². The van der Waals surface area contributed by atoms with E-state index in [4.69, 9.17) is 9.47 Å². The average Bonchev–Trinajstić information content (AvgIpc) is 2.73. The molecule has 0 unspecified atom stereocenters. The first-order chi connectivity index (χ1) is 16.2. The number of rotatable bonds is 5. The minimum atomic E-state index is -0.690. The molecule has 0 atom stereocenters. The number of hydrogen-bond donors (Lipinski definition) is 2. The third-order valence-corrected chi connectivity index (χ3v) is 5.09. The van der Waals surface area contributed by atoms with E-state index < -0.39 is 23.5 Å². The number of halogens is 1. The van der Waals surface area contributed by atoms with E-state index in [0.717, 1.165) is 5.56 Å². The summed E-state index contributed by atoms with van der Waals surface area (Å²) in [6.45, 7) is 6.57. The molecule has 3 heterocycles. The molecule has 8 nitrogen and oxygen atoms in total. The van der Waals surface area contributed by atoms with Gasteiger partial charge in [-0.15, -0.1) is 0 Å². The standard InChI is InChI=1S/C25H25FN4O4/c1-25(2,3)34-24(32)30-19-7-4-15(16-6-9-22(26)28-12-16)10-21(19)29-23(31)20-8-5-17(11-27-20)18-13-33-14-18/h4-12,18H,13-14H2,1-3H3,(H,29,31)(H,30,32). The summed E-state index contributed by atoms with van der Waals surface area (Å²) in [5, 5.41) is 5.47. The minimum absolute atomic E-state index is 0.223. The molecule has 1 aliphatic rings. The Balaban J connectivity index is 1.59. The number of hydrogen-bond acceptors (Lipinski definition) is 6. The summed E-state index contributed by atoms with van der Waals surface area (Å²) in [6.07, 6.45) is 2.40. The predicted octanol–water partition coefficient (Wildman–Crippen LogP) is 5.00. The Morgan fingerprint density at radius 1 is 0.971 bits per heavy atom. The summed E-state index contributed by atoms with van der Waals surface area (Å²) in [7, 11) is 0. The highest BCUT2D eigenvalue weighted by Crippen LogP contribution is 2.30. The Morgan fingerprint density at radius 3 is 2.32 bits per heavy atom. The van der Waals surface area contributed by atoms with Gasteiger partial charge in [-0.3, -0.25) is 15.1 Å². The molecule has 2 aromatic heterocycles. The molecule has 0 aliphatic carbocycles. The SMILES string of the molecule is CC(C)(C)OC(=O)Nc1ccc(-c2ccc(F)nc2)cc1NC(=O)c1ccc(C2COC2)cn1. The smallest absolute Gasteiger partial charge is 0.412 e. The molecule has 1 aromatic carbocycles. The van der Waals surface area contributed by atoms with Gasteiger partial charge in [-0.2, -0.15) is 4.39 Å². The molecule has 1 aliphatic heterocycles. The van der Waals surface area contributed by atoms with E-state index in [1.807, 2.05) is 6.07 Å². The monoisotopic (exact) mass is 464 g/mol. The lowest BCUT2D eigenvalue weighted by Crippen LogP contribution is -2.27. The number of pyridine rings is 2. The second-order valence-electron chi connectivity index (χ2n) is 8.92. The number of ether oxygens (including phenoxy) is 2. The van der Waals surface area contributed by atoms with Crippen LogP contribution in [0.15, 0.2) is 54.9 Å². The maximum atomic E-state index is 13.2. The average molecular weight is 464 g/mol. The summed E-state index contributed by atoms with van der Waals surface area (Å²) < 4.78 is 23.8. The fourth-order valence-corrected chi connectivity index (χ4v) is 3.29. The molecular weight excluding hydrogens is 439 g/mol. The van der Waals surface area contributed by atoms with Crippen LogP contribution in [0, 0.1) is 5.95 Å². The van der Waals surface area contributed by atoms with Crippen LogP contribution in [0.4, 0.5) is 20.6 Å². The molecule has 176 valence electrons. The van der Waals surface area contributed by atoms with Crippen LogP contribution >= 0.6 is 0 Å². The van der Waals surface area contributed by atoms with Gasteiger partial charge in [-0.25, -0.2) is 9.78 Å². The van der Waals surface area contributed by atoms with Crippen molar-refractivity contribution in [2.24, 2.45) is 0 Å². The molecule has 1 fully saturated rings. The van der Waals surface area contributed by atoms with Crippen molar-refractivity contribution in [3.63, 3.8) is 0 Å². The normalized spacial score (nSPS) is 13.6. The summed E-state index contributed by atoms with van der Waals surface area (Å²) in [5.74, 6) is -0.739. The second-order valence-corrected chi connectivity index (χ2v) is 8.92. The number of anilines is 2. The van der Waals surface area contributed by atoms with Crippen LogP contribution in [-0.4, -0.2) is 40.8 Å². The van der Waals surface area contributed by atoms with E-state index in [2.05, 4.69) is 20.6 Å². The zero-order chi connectivity index (χ0) is 24.3. The Hall–Kier alpha value is -3.85. The van der Waals surface area contributed by atoms with Gasteiger partial charge in [0.2, 0.25) is 5.95 Å². The number of benzene rings is 1. The third-order valence-electron chi connectivity index (χ3n) is 5.09. The highest BCUT2D eigenvalue weighted by atomic mass is 19.1.